The zero-order valence-corrected chi connectivity index (χ0v) is 17.8. The number of ether oxygens (including phenoxy) is 3. The minimum Gasteiger partial charge on any atom is -0.508 e. The molecule has 11 heteroatoms. The summed E-state index contributed by atoms with van der Waals surface area (Å²) in [7, 11) is 0. The van der Waals surface area contributed by atoms with Gasteiger partial charge in [-0.1, -0.05) is 0 Å². The molecule has 1 aliphatic rings. The Hall–Kier alpha value is -3.64. The highest BCUT2D eigenvalue weighted by Crippen LogP contribution is 2.33. The van der Waals surface area contributed by atoms with Crippen molar-refractivity contribution >= 4 is 16.9 Å². The molecule has 1 aliphatic heterocycles. The first-order valence-corrected chi connectivity index (χ1v) is 10.3. The smallest absolute Gasteiger partial charge is 0.338 e. The first-order valence-electron chi connectivity index (χ1n) is 10.3. The normalized spacial score (nSPS) is 24.6. The van der Waals surface area contributed by atoms with E-state index in [-0.39, 0.29) is 34.8 Å². The van der Waals surface area contributed by atoms with E-state index in [1.165, 1.54) is 36.4 Å². The highest BCUT2D eigenvalue weighted by Gasteiger charge is 2.48. The Labute approximate surface area is 192 Å². The lowest BCUT2D eigenvalue weighted by molar-refractivity contribution is -0.272. The van der Waals surface area contributed by atoms with Gasteiger partial charge in [-0.3, -0.25) is 4.79 Å². The molecule has 34 heavy (non-hydrogen) atoms. The SMILES string of the molecule is CCOC(=O)[C@H]1O[C@@H](Oc2cc(O)c3c(=O)cc(-c4ccc(O)cc4)oc3c2)[C@H](O)[C@@H](O)[C@@H]1O. The summed E-state index contributed by atoms with van der Waals surface area (Å²) in [4.78, 5) is 24.6. The fourth-order valence-corrected chi connectivity index (χ4v) is 3.58. The maximum Gasteiger partial charge on any atom is 0.338 e. The number of phenols is 2. The van der Waals surface area contributed by atoms with E-state index in [1.807, 2.05) is 0 Å². The van der Waals surface area contributed by atoms with Crippen LogP contribution >= 0.6 is 0 Å². The summed E-state index contributed by atoms with van der Waals surface area (Å²) in [6.45, 7) is 1.54. The average Bonchev–Trinajstić information content (AvgIpc) is 2.79. The topological polar surface area (TPSA) is 176 Å². The molecule has 4 rings (SSSR count). The molecule has 2 aromatic carbocycles. The predicted molar refractivity (Wildman–Crippen MR) is 115 cm³/mol. The molecule has 0 amide bonds. The zero-order chi connectivity index (χ0) is 24.6. The van der Waals surface area contributed by atoms with Crippen molar-refractivity contribution in [1.29, 1.82) is 0 Å². The highest BCUT2D eigenvalue weighted by molar-refractivity contribution is 5.86. The van der Waals surface area contributed by atoms with Gasteiger partial charge >= 0.3 is 5.97 Å². The van der Waals surface area contributed by atoms with Gasteiger partial charge in [-0.05, 0) is 31.2 Å². The van der Waals surface area contributed by atoms with Gasteiger partial charge in [-0.15, -0.1) is 0 Å². The summed E-state index contributed by atoms with van der Waals surface area (Å²) in [5.74, 6) is -1.37. The third kappa shape index (κ3) is 4.41. The van der Waals surface area contributed by atoms with Crippen LogP contribution in [0.15, 0.2) is 51.7 Å². The fraction of sp³-hybridized carbons (Fsp3) is 0.304. The van der Waals surface area contributed by atoms with Crippen molar-refractivity contribution in [2.45, 2.75) is 37.6 Å². The third-order valence-electron chi connectivity index (χ3n) is 5.28. The quantitative estimate of drug-likeness (QED) is 0.328. The molecule has 2 heterocycles. The van der Waals surface area contributed by atoms with Crippen molar-refractivity contribution in [3.05, 3.63) is 52.7 Å². The molecule has 0 bridgehead atoms. The molecule has 0 saturated carbocycles. The molecule has 0 spiro atoms. The average molecular weight is 474 g/mol. The largest absolute Gasteiger partial charge is 0.508 e. The van der Waals surface area contributed by atoms with E-state index in [9.17, 15) is 35.1 Å². The van der Waals surface area contributed by atoms with E-state index in [1.54, 1.807) is 6.92 Å². The van der Waals surface area contributed by atoms with E-state index in [2.05, 4.69) is 0 Å². The minimum absolute atomic E-state index is 0.00344. The maximum absolute atomic E-state index is 12.6. The van der Waals surface area contributed by atoms with Crippen molar-refractivity contribution in [1.82, 2.24) is 0 Å². The van der Waals surface area contributed by atoms with E-state index in [0.29, 0.717) is 5.56 Å². The predicted octanol–water partition coefficient (Wildman–Crippen LogP) is 0.621. The van der Waals surface area contributed by atoms with Crippen LogP contribution in [0.25, 0.3) is 22.3 Å². The number of hydrogen-bond acceptors (Lipinski definition) is 11. The van der Waals surface area contributed by atoms with Gasteiger partial charge in [-0.25, -0.2) is 4.79 Å². The second-order valence-electron chi connectivity index (χ2n) is 7.60. The molecule has 1 fully saturated rings. The Morgan fingerprint density at radius 2 is 1.71 bits per heavy atom. The van der Waals surface area contributed by atoms with Crippen LogP contribution in [-0.4, -0.2) is 68.8 Å². The lowest BCUT2D eigenvalue weighted by Gasteiger charge is -2.38. The summed E-state index contributed by atoms with van der Waals surface area (Å²) in [5.41, 5.74) is -0.107. The Kier molecular flexibility index (Phi) is 6.44. The van der Waals surface area contributed by atoms with Crippen LogP contribution in [0.1, 0.15) is 6.92 Å². The molecule has 5 N–H and O–H groups in total. The number of aliphatic hydroxyl groups excluding tert-OH is 3. The standard InChI is InChI=1S/C23H22O11/c1-2-31-22(30)21-19(28)18(27)20(29)23(34-21)32-12-7-13(25)17-14(26)9-15(33-16(17)8-12)10-3-5-11(24)6-4-10/h3-9,18-21,23-25,27-29H,2H2,1H3/t18-,19-,20+,21-,23+/m0/s1. The summed E-state index contributed by atoms with van der Waals surface area (Å²) in [6.07, 6.45) is -8.56. The Morgan fingerprint density at radius 3 is 2.38 bits per heavy atom. The first-order chi connectivity index (χ1) is 16.2. The van der Waals surface area contributed by atoms with Crippen molar-refractivity contribution in [2.75, 3.05) is 6.61 Å². The molecule has 5 atom stereocenters. The number of benzene rings is 2. The lowest BCUT2D eigenvalue weighted by atomic mass is 9.99. The van der Waals surface area contributed by atoms with Crippen LogP contribution in [0.4, 0.5) is 0 Å². The van der Waals surface area contributed by atoms with Gasteiger partial charge in [0.2, 0.25) is 6.29 Å². The van der Waals surface area contributed by atoms with E-state index in [0.717, 1.165) is 6.07 Å². The second-order valence-corrected chi connectivity index (χ2v) is 7.60. The Morgan fingerprint density at radius 1 is 1.00 bits per heavy atom. The molecule has 1 saturated heterocycles. The molecule has 11 nitrogen and oxygen atoms in total. The molecular formula is C23H22O11. The van der Waals surface area contributed by atoms with Gasteiger partial charge < -0.3 is 44.2 Å². The molecule has 0 unspecified atom stereocenters. The Balaban J connectivity index is 1.68. The first kappa shape index (κ1) is 23.5. The van der Waals surface area contributed by atoms with Crippen LogP contribution in [0, 0.1) is 0 Å². The van der Waals surface area contributed by atoms with Crippen LogP contribution in [0.3, 0.4) is 0 Å². The Bertz CT molecular complexity index is 1250. The summed E-state index contributed by atoms with van der Waals surface area (Å²) in [6, 6.07) is 9.42. The number of carbonyl (C=O) groups is 1. The van der Waals surface area contributed by atoms with Gasteiger partial charge in [-0.2, -0.15) is 0 Å². The van der Waals surface area contributed by atoms with E-state index in [4.69, 9.17) is 18.6 Å². The number of aromatic hydroxyl groups is 2. The van der Waals surface area contributed by atoms with Gasteiger partial charge in [0.25, 0.3) is 0 Å². The fourth-order valence-electron chi connectivity index (χ4n) is 3.58. The molecular weight excluding hydrogens is 452 g/mol. The van der Waals surface area contributed by atoms with Crippen molar-refractivity contribution in [3.63, 3.8) is 0 Å². The van der Waals surface area contributed by atoms with Crippen LogP contribution < -0.4 is 10.2 Å². The van der Waals surface area contributed by atoms with Gasteiger partial charge in [0, 0.05) is 23.8 Å². The minimum atomic E-state index is -1.79. The number of aliphatic hydroxyl groups is 3. The molecule has 180 valence electrons. The molecule has 0 radical (unpaired) electrons. The highest BCUT2D eigenvalue weighted by atomic mass is 16.7. The summed E-state index contributed by atoms with van der Waals surface area (Å²) >= 11 is 0. The number of rotatable bonds is 5. The van der Waals surface area contributed by atoms with E-state index < -0.39 is 47.9 Å². The summed E-state index contributed by atoms with van der Waals surface area (Å²) in [5, 5.41) is 50.2. The van der Waals surface area contributed by atoms with Gasteiger partial charge in [0.15, 0.2) is 11.5 Å². The maximum atomic E-state index is 12.6. The number of esters is 1. The van der Waals surface area contributed by atoms with Crippen LogP contribution in [0.5, 0.6) is 17.2 Å². The molecule has 0 aliphatic carbocycles. The van der Waals surface area contributed by atoms with Gasteiger partial charge in [0.05, 0.1) is 6.61 Å². The van der Waals surface area contributed by atoms with Gasteiger partial charge in [0.1, 0.15) is 52.3 Å². The van der Waals surface area contributed by atoms with Crippen molar-refractivity contribution < 1.29 is 49.0 Å². The van der Waals surface area contributed by atoms with Crippen molar-refractivity contribution in [2.24, 2.45) is 0 Å². The number of phenolic OH excluding ortho intramolecular Hbond substituents is 2. The van der Waals surface area contributed by atoms with Crippen molar-refractivity contribution in [3.8, 4) is 28.6 Å². The third-order valence-corrected chi connectivity index (χ3v) is 5.28. The van der Waals surface area contributed by atoms with Crippen LogP contribution in [0.2, 0.25) is 0 Å². The number of hydrogen-bond donors (Lipinski definition) is 5. The molecule has 3 aromatic rings. The van der Waals surface area contributed by atoms with Crippen LogP contribution in [-0.2, 0) is 14.3 Å². The monoisotopic (exact) mass is 474 g/mol. The van der Waals surface area contributed by atoms with E-state index >= 15 is 0 Å². The number of carbonyl (C=O) groups excluding carboxylic acids is 1. The second kappa shape index (κ2) is 9.31. The molecule has 1 aromatic heterocycles. The zero-order valence-electron chi connectivity index (χ0n) is 17.8. The lowest BCUT2D eigenvalue weighted by Crippen LogP contribution is -2.61. The summed E-state index contributed by atoms with van der Waals surface area (Å²) < 4.78 is 21.4. The number of fused-ring (bicyclic) bond motifs is 1.